The molecule has 0 aromatic heterocycles. The molecule has 0 N–H and O–H groups in total. The second-order valence-corrected chi connectivity index (χ2v) is 7.14. The van der Waals surface area contributed by atoms with Crippen molar-refractivity contribution in [3.05, 3.63) is 77.0 Å². The Balaban J connectivity index is 1.38. The Labute approximate surface area is 188 Å². The number of benzene rings is 3. The minimum absolute atomic E-state index is 0.152. The number of Topliss-reactive ketones (excluding diaryl/α,β-unsaturated/α-hetero) is 1. The number of ether oxygens (including phenoxy) is 6. The quantitative estimate of drug-likeness (QED) is 0.326. The van der Waals surface area contributed by atoms with Crippen molar-refractivity contribution in [3.8, 4) is 34.5 Å². The van der Waals surface area contributed by atoms with Crippen LogP contribution in [-0.2, 0) is 0 Å². The van der Waals surface area contributed by atoms with Gasteiger partial charge < -0.3 is 28.4 Å². The number of ketones is 1. The molecule has 0 spiro atoms. The SMILES string of the molecule is COc1cccc(OC)c1C(=O)Oc1ccc2c(c1)OC(=Cc1ccc3c(c1)OCO3)C2=O. The van der Waals surface area contributed by atoms with Crippen molar-refractivity contribution in [3.63, 3.8) is 0 Å². The lowest BCUT2D eigenvalue weighted by atomic mass is 10.1. The minimum Gasteiger partial charge on any atom is -0.496 e. The number of carbonyl (C=O) groups excluding carboxylic acids is 2. The summed E-state index contributed by atoms with van der Waals surface area (Å²) in [6.07, 6.45) is 1.62. The summed E-state index contributed by atoms with van der Waals surface area (Å²) in [5, 5.41) is 0. The summed E-state index contributed by atoms with van der Waals surface area (Å²) in [7, 11) is 2.91. The number of carbonyl (C=O) groups is 2. The maximum Gasteiger partial charge on any atom is 0.351 e. The Morgan fingerprint density at radius 3 is 2.42 bits per heavy atom. The fraction of sp³-hybridized carbons (Fsp3) is 0.120. The number of methoxy groups -OCH3 is 2. The zero-order valence-electron chi connectivity index (χ0n) is 17.7. The fourth-order valence-corrected chi connectivity index (χ4v) is 3.60. The molecule has 5 rings (SSSR count). The van der Waals surface area contributed by atoms with E-state index in [0.29, 0.717) is 34.3 Å². The number of hydrogen-bond acceptors (Lipinski definition) is 8. The number of allylic oxidation sites excluding steroid dienone is 1. The molecule has 0 atom stereocenters. The molecule has 2 heterocycles. The molecule has 0 unspecified atom stereocenters. The van der Waals surface area contributed by atoms with E-state index in [1.807, 2.05) is 0 Å². The predicted molar refractivity (Wildman–Crippen MR) is 116 cm³/mol. The van der Waals surface area contributed by atoms with Crippen molar-refractivity contribution in [2.75, 3.05) is 21.0 Å². The molecule has 0 aliphatic carbocycles. The smallest absolute Gasteiger partial charge is 0.351 e. The standard InChI is InChI=1S/C25H18O8/c1-28-18-4-3-5-19(29-2)23(18)25(27)32-15-7-8-16-20(12-15)33-22(24(16)26)11-14-6-9-17-21(10-14)31-13-30-17/h3-12H,13H2,1-2H3. The van der Waals surface area contributed by atoms with Crippen LogP contribution in [0.15, 0.2) is 60.4 Å². The van der Waals surface area contributed by atoms with Gasteiger partial charge in [0, 0.05) is 6.07 Å². The second-order valence-electron chi connectivity index (χ2n) is 7.14. The average molecular weight is 446 g/mol. The van der Waals surface area contributed by atoms with Crippen molar-refractivity contribution in [2.24, 2.45) is 0 Å². The van der Waals surface area contributed by atoms with Gasteiger partial charge in [0.2, 0.25) is 12.6 Å². The van der Waals surface area contributed by atoms with Crippen LogP contribution in [0.1, 0.15) is 26.3 Å². The van der Waals surface area contributed by atoms with Gasteiger partial charge in [0.1, 0.15) is 28.6 Å². The highest BCUT2D eigenvalue weighted by atomic mass is 16.7. The van der Waals surface area contributed by atoms with Crippen molar-refractivity contribution in [1.82, 2.24) is 0 Å². The molecule has 33 heavy (non-hydrogen) atoms. The molecule has 0 fully saturated rings. The van der Waals surface area contributed by atoms with E-state index in [1.54, 1.807) is 48.5 Å². The largest absolute Gasteiger partial charge is 0.496 e. The van der Waals surface area contributed by atoms with E-state index in [4.69, 9.17) is 28.4 Å². The van der Waals surface area contributed by atoms with E-state index < -0.39 is 5.97 Å². The van der Waals surface area contributed by atoms with Gasteiger partial charge in [-0.15, -0.1) is 0 Å². The van der Waals surface area contributed by atoms with E-state index in [-0.39, 0.29) is 29.6 Å². The van der Waals surface area contributed by atoms with Gasteiger partial charge in [-0.05, 0) is 48.0 Å². The van der Waals surface area contributed by atoms with Gasteiger partial charge >= 0.3 is 5.97 Å². The van der Waals surface area contributed by atoms with E-state index in [1.165, 1.54) is 26.4 Å². The lowest BCUT2D eigenvalue weighted by Crippen LogP contribution is -2.12. The first kappa shape index (κ1) is 20.4. The third-order valence-corrected chi connectivity index (χ3v) is 5.18. The maximum atomic E-state index is 12.8. The van der Waals surface area contributed by atoms with Crippen LogP contribution in [0.5, 0.6) is 34.5 Å². The molecular weight excluding hydrogens is 428 g/mol. The van der Waals surface area contributed by atoms with Crippen LogP contribution in [0, 0.1) is 0 Å². The molecule has 8 nitrogen and oxygen atoms in total. The molecule has 0 saturated heterocycles. The summed E-state index contributed by atoms with van der Waals surface area (Å²) in [5.74, 6) is 1.62. The molecule has 3 aromatic carbocycles. The molecule has 0 saturated carbocycles. The molecule has 0 radical (unpaired) electrons. The molecule has 3 aromatic rings. The van der Waals surface area contributed by atoms with Crippen molar-refractivity contribution < 1.29 is 38.0 Å². The van der Waals surface area contributed by atoms with Crippen LogP contribution < -0.4 is 28.4 Å². The average Bonchev–Trinajstić information content (AvgIpc) is 3.42. The highest BCUT2D eigenvalue weighted by Crippen LogP contribution is 2.37. The van der Waals surface area contributed by atoms with Crippen molar-refractivity contribution >= 4 is 17.8 Å². The molecule has 2 aliphatic heterocycles. The highest BCUT2D eigenvalue weighted by molar-refractivity contribution is 6.14. The molecule has 166 valence electrons. The Hall–Kier alpha value is -4.46. The zero-order valence-corrected chi connectivity index (χ0v) is 17.7. The Kier molecular flexibility index (Phi) is 5.10. The van der Waals surface area contributed by atoms with E-state index in [2.05, 4.69) is 0 Å². The highest BCUT2D eigenvalue weighted by Gasteiger charge is 2.29. The lowest BCUT2D eigenvalue weighted by molar-refractivity contribution is 0.0727. The Morgan fingerprint density at radius 2 is 1.67 bits per heavy atom. The maximum absolute atomic E-state index is 12.8. The third kappa shape index (κ3) is 3.71. The topological polar surface area (TPSA) is 89.5 Å². The summed E-state index contributed by atoms with van der Waals surface area (Å²) in [5.41, 5.74) is 1.25. The molecular formula is C25H18O8. The predicted octanol–water partition coefficient (Wildman–Crippen LogP) is 4.27. The Morgan fingerprint density at radius 1 is 0.909 bits per heavy atom. The summed E-state index contributed by atoms with van der Waals surface area (Å²) >= 11 is 0. The fourth-order valence-electron chi connectivity index (χ4n) is 3.60. The van der Waals surface area contributed by atoms with Crippen LogP contribution in [0.4, 0.5) is 0 Å². The Bertz CT molecular complexity index is 1290. The van der Waals surface area contributed by atoms with Crippen molar-refractivity contribution in [2.45, 2.75) is 0 Å². The first-order valence-corrected chi connectivity index (χ1v) is 9.98. The monoisotopic (exact) mass is 446 g/mol. The normalized spacial score (nSPS) is 14.6. The van der Waals surface area contributed by atoms with E-state index in [9.17, 15) is 9.59 Å². The summed E-state index contributed by atoms with van der Waals surface area (Å²) < 4.78 is 32.5. The lowest BCUT2D eigenvalue weighted by Gasteiger charge is -2.12. The van der Waals surface area contributed by atoms with Gasteiger partial charge in [-0.3, -0.25) is 4.79 Å². The van der Waals surface area contributed by atoms with Gasteiger partial charge in [-0.1, -0.05) is 12.1 Å². The molecule has 8 heteroatoms. The van der Waals surface area contributed by atoms with Gasteiger partial charge in [0.25, 0.3) is 0 Å². The van der Waals surface area contributed by atoms with Gasteiger partial charge in [-0.25, -0.2) is 4.79 Å². The van der Waals surface area contributed by atoms with Crippen molar-refractivity contribution in [1.29, 1.82) is 0 Å². The molecule has 2 aliphatic rings. The van der Waals surface area contributed by atoms with Crippen LogP contribution >= 0.6 is 0 Å². The van der Waals surface area contributed by atoms with Crippen LogP contribution in [0.25, 0.3) is 6.08 Å². The summed E-state index contributed by atoms with van der Waals surface area (Å²) in [4.78, 5) is 25.6. The van der Waals surface area contributed by atoms with E-state index >= 15 is 0 Å². The van der Waals surface area contributed by atoms with E-state index in [0.717, 1.165) is 5.56 Å². The van der Waals surface area contributed by atoms with Gasteiger partial charge in [0.15, 0.2) is 17.3 Å². The molecule has 0 bridgehead atoms. The summed E-state index contributed by atoms with van der Waals surface area (Å²) in [6, 6.07) is 14.9. The second kappa shape index (κ2) is 8.23. The van der Waals surface area contributed by atoms with Gasteiger partial charge in [-0.2, -0.15) is 0 Å². The number of hydrogen-bond donors (Lipinski definition) is 0. The third-order valence-electron chi connectivity index (χ3n) is 5.18. The first-order chi connectivity index (χ1) is 16.1. The number of fused-ring (bicyclic) bond motifs is 2. The van der Waals surface area contributed by atoms with Crippen LogP contribution in [0.3, 0.4) is 0 Å². The van der Waals surface area contributed by atoms with Crippen LogP contribution in [-0.4, -0.2) is 32.8 Å². The number of rotatable bonds is 5. The minimum atomic E-state index is -0.662. The van der Waals surface area contributed by atoms with Gasteiger partial charge in [0.05, 0.1) is 19.8 Å². The first-order valence-electron chi connectivity index (χ1n) is 9.98. The summed E-state index contributed by atoms with van der Waals surface area (Å²) in [6.45, 7) is 0.165. The number of esters is 1. The zero-order chi connectivity index (χ0) is 22.9. The molecule has 0 amide bonds. The van der Waals surface area contributed by atoms with Crippen LogP contribution in [0.2, 0.25) is 0 Å².